The molecule has 2 aliphatic heterocycles. The van der Waals surface area contributed by atoms with Crippen molar-refractivity contribution in [3.63, 3.8) is 0 Å². The zero-order valence-electron chi connectivity index (χ0n) is 22.3. The number of nitrogens with zero attached hydrogens (tertiary/aromatic N) is 3. The summed E-state index contributed by atoms with van der Waals surface area (Å²) in [5, 5.41) is 28.3. The van der Waals surface area contributed by atoms with Crippen LogP contribution < -0.4 is 10.9 Å². The lowest BCUT2D eigenvalue weighted by Gasteiger charge is -2.36. The summed E-state index contributed by atoms with van der Waals surface area (Å²) in [6.07, 6.45) is 5.01. The summed E-state index contributed by atoms with van der Waals surface area (Å²) in [4.78, 5) is 24.3. The molecule has 1 amide bonds. The second-order valence-corrected chi connectivity index (χ2v) is 10.7. The molecule has 1 aromatic heterocycles. The van der Waals surface area contributed by atoms with Crippen LogP contribution in [0.15, 0.2) is 30.5 Å². The average molecular weight is 543 g/mol. The van der Waals surface area contributed by atoms with Crippen molar-refractivity contribution in [1.29, 1.82) is 0 Å². The lowest BCUT2D eigenvalue weighted by molar-refractivity contribution is -0.131. The van der Waals surface area contributed by atoms with Gasteiger partial charge in [0.05, 0.1) is 43.7 Å². The van der Waals surface area contributed by atoms with Crippen LogP contribution in [-0.2, 0) is 11.2 Å². The number of aryl methyl sites for hydroxylation is 1. The number of carbonyl (C=O) groups is 1. The first-order valence-corrected chi connectivity index (χ1v) is 13.9. The molecule has 1 saturated carbocycles. The quantitative estimate of drug-likeness (QED) is 0.264. The molecular weight excluding hydrogens is 503 g/mol. The number of nitrogens with one attached hydrogen (secondary N) is 3. The fourth-order valence-corrected chi connectivity index (χ4v) is 6.35. The van der Waals surface area contributed by atoms with Crippen molar-refractivity contribution in [2.24, 2.45) is 5.92 Å². The number of hydrazine groups is 1. The summed E-state index contributed by atoms with van der Waals surface area (Å²) in [7, 11) is 0. The highest BCUT2D eigenvalue weighted by molar-refractivity contribution is 5.82. The minimum absolute atomic E-state index is 0.0390. The maximum Gasteiger partial charge on any atom is 0.237 e. The number of hydrogen-bond acceptors (Lipinski definition) is 8. The van der Waals surface area contributed by atoms with Gasteiger partial charge in [0, 0.05) is 38.0 Å². The van der Waals surface area contributed by atoms with Crippen LogP contribution in [0.1, 0.15) is 54.4 Å². The van der Waals surface area contributed by atoms with Crippen LogP contribution in [0.2, 0.25) is 0 Å². The zero-order chi connectivity index (χ0) is 27.5. The number of aromatic hydroxyl groups is 1. The first-order chi connectivity index (χ1) is 18.9. The predicted octanol–water partition coefficient (Wildman–Crippen LogP) is 1.24. The van der Waals surface area contributed by atoms with Gasteiger partial charge in [0.15, 0.2) is 0 Å². The minimum atomic E-state index is -1.07. The van der Waals surface area contributed by atoms with Gasteiger partial charge in [-0.05, 0) is 48.1 Å². The molecule has 10 nitrogen and oxygen atoms in total. The van der Waals surface area contributed by atoms with Gasteiger partial charge in [-0.15, -0.1) is 0 Å². The number of aromatic amines is 1. The predicted molar refractivity (Wildman–Crippen MR) is 144 cm³/mol. The van der Waals surface area contributed by atoms with Crippen LogP contribution in [0, 0.1) is 5.92 Å². The fraction of sp³-hybridized carbons (Fsp3) is 0.571. The van der Waals surface area contributed by atoms with E-state index in [2.05, 4.69) is 20.8 Å². The number of aromatic nitrogens is 2. The van der Waals surface area contributed by atoms with Crippen LogP contribution >= 0.6 is 0 Å². The number of amides is 1. The number of fused-ring (bicyclic) bond motifs is 1. The molecule has 2 fully saturated rings. The van der Waals surface area contributed by atoms with Gasteiger partial charge >= 0.3 is 0 Å². The van der Waals surface area contributed by atoms with Crippen molar-refractivity contribution in [1.82, 2.24) is 30.6 Å². The number of phenolic OH excluding ortho intramolecular Hbond substituents is 1. The zero-order valence-corrected chi connectivity index (χ0v) is 22.3. The highest BCUT2D eigenvalue weighted by atomic mass is 19.1. The molecule has 5 rings (SSSR count). The number of alkyl halides is 1. The topological polar surface area (TPSA) is 137 Å². The molecule has 1 aliphatic carbocycles. The SMILES string of the molecule is CCc1cc(O)ccc1C1CCC2C(c3ncc(C4=CCN(C(=O)CN(CCO)CCO)C4)[nH]3)NNC2C1F. The molecule has 1 saturated heterocycles. The van der Waals surface area contributed by atoms with Gasteiger partial charge in [0.2, 0.25) is 5.91 Å². The van der Waals surface area contributed by atoms with Crippen LogP contribution in [0.25, 0.3) is 5.57 Å². The molecule has 1 aromatic carbocycles. The van der Waals surface area contributed by atoms with Crippen LogP contribution in [0.3, 0.4) is 0 Å². The van der Waals surface area contributed by atoms with Gasteiger partial charge < -0.3 is 25.2 Å². The summed E-state index contributed by atoms with van der Waals surface area (Å²) >= 11 is 0. The van der Waals surface area contributed by atoms with Crippen molar-refractivity contribution in [2.45, 2.75) is 50.4 Å². The number of halogens is 1. The molecule has 2 aromatic rings. The van der Waals surface area contributed by atoms with Gasteiger partial charge in [0.1, 0.15) is 17.7 Å². The van der Waals surface area contributed by atoms with Crippen molar-refractivity contribution < 1.29 is 24.5 Å². The summed E-state index contributed by atoms with van der Waals surface area (Å²) in [5.41, 5.74) is 10.3. The van der Waals surface area contributed by atoms with Gasteiger partial charge in [-0.25, -0.2) is 14.8 Å². The molecule has 3 heterocycles. The van der Waals surface area contributed by atoms with Crippen molar-refractivity contribution >= 4 is 11.5 Å². The Hall–Kier alpha value is -2.83. The number of rotatable bonds is 10. The molecular formula is C28H39FN6O4. The van der Waals surface area contributed by atoms with Gasteiger partial charge in [0.25, 0.3) is 0 Å². The molecule has 5 unspecified atom stereocenters. The Morgan fingerprint density at radius 3 is 2.74 bits per heavy atom. The highest BCUT2D eigenvalue weighted by Gasteiger charge is 2.48. The van der Waals surface area contributed by atoms with E-state index in [1.807, 2.05) is 19.1 Å². The van der Waals surface area contributed by atoms with E-state index in [1.165, 1.54) is 0 Å². The van der Waals surface area contributed by atoms with E-state index in [9.17, 15) is 20.1 Å². The number of imidazole rings is 1. The lowest BCUT2D eigenvalue weighted by atomic mass is 9.71. The molecule has 212 valence electrons. The Kier molecular flexibility index (Phi) is 8.63. The number of aliphatic hydroxyl groups is 2. The normalized spacial score (nSPS) is 26.7. The lowest BCUT2D eigenvalue weighted by Crippen LogP contribution is -2.45. The molecule has 39 heavy (non-hydrogen) atoms. The molecule has 5 atom stereocenters. The van der Waals surface area contributed by atoms with Crippen LogP contribution in [0.4, 0.5) is 4.39 Å². The number of H-pyrrole nitrogens is 1. The molecule has 6 N–H and O–H groups in total. The van der Waals surface area contributed by atoms with Crippen molar-refractivity contribution in [3.8, 4) is 5.75 Å². The molecule has 11 heteroatoms. The van der Waals surface area contributed by atoms with E-state index in [0.29, 0.717) is 26.2 Å². The average Bonchev–Trinajstić information content (AvgIpc) is 3.69. The van der Waals surface area contributed by atoms with Crippen LogP contribution in [-0.4, -0.2) is 99.1 Å². The van der Waals surface area contributed by atoms with Gasteiger partial charge in [-0.3, -0.25) is 15.1 Å². The van der Waals surface area contributed by atoms with Crippen molar-refractivity contribution in [2.75, 3.05) is 45.9 Å². The summed E-state index contributed by atoms with van der Waals surface area (Å²) in [6, 6.07) is 4.76. The summed E-state index contributed by atoms with van der Waals surface area (Å²) in [6.45, 7) is 3.65. The second-order valence-electron chi connectivity index (χ2n) is 10.7. The highest BCUT2D eigenvalue weighted by Crippen LogP contribution is 2.45. The second kappa shape index (κ2) is 12.1. The molecule has 0 spiro atoms. The number of aliphatic hydroxyl groups excluding tert-OH is 2. The van der Waals surface area contributed by atoms with E-state index in [-0.39, 0.29) is 55.3 Å². The number of phenols is 1. The standard InChI is InChI=1S/C28H39FN6O4/c1-2-17-13-19(38)3-4-20(17)21-5-6-22-26(25(21)29)32-33-27(22)28-30-14-23(31-28)18-7-8-35(15-18)24(39)16-34(9-11-36)10-12-37/h3-4,7,13-14,21-22,25-27,32-33,36-38H,2,5-6,8-12,15-16H2,1H3,(H,30,31). The molecule has 3 aliphatic rings. The van der Waals surface area contributed by atoms with Crippen LogP contribution in [0.5, 0.6) is 5.75 Å². The first-order valence-electron chi connectivity index (χ1n) is 13.9. The van der Waals surface area contributed by atoms with E-state index in [0.717, 1.165) is 47.5 Å². The summed E-state index contributed by atoms with van der Waals surface area (Å²) < 4.78 is 15.9. The Morgan fingerprint density at radius 1 is 1.21 bits per heavy atom. The first kappa shape index (κ1) is 27.7. The third-order valence-electron chi connectivity index (χ3n) is 8.44. The van der Waals surface area contributed by atoms with E-state index >= 15 is 4.39 Å². The maximum absolute atomic E-state index is 15.9. The molecule has 0 bridgehead atoms. The van der Waals surface area contributed by atoms with E-state index in [4.69, 9.17) is 0 Å². The Balaban J connectivity index is 1.21. The van der Waals surface area contributed by atoms with Crippen molar-refractivity contribution in [3.05, 3.63) is 53.1 Å². The largest absolute Gasteiger partial charge is 0.508 e. The number of hydrogen-bond donors (Lipinski definition) is 6. The monoisotopic (exact) mass is 542 g/mol. The Bertz CT molecular complexity index is 1180. The number of benzene rings is 1. The number of carbonyl (C=O) groups excluding carboxylic acids is 1. The third-order valence-corrected chi connectivity index (χ3v) is 8.44. The Morgan fingerprint density at radius 2 is 2.00 bits per heavy atom. The van der Waals surface area contributed by atoms with E-state index < -0.39 is 6.17 Å². The third kappa shape index (κ3) is 5.73. The molecule has 0 radical (unpaired) electrons. The fourth-order valence-electron chi connectivity index (χ4n) is 6.35. The van der Waals surface area contributed by atoms with Gasteiger partial charge in [-0.1, -0.05) is 19.1 Å². The summed E-state index contributed by atoms with van der Waals surface area (Å²) in [5.74, 6) is 0.719. The Labute approximate surface area is 227 Å². The minimum Gasteiger partial charge on any atom is -0.508 e. The van der Waals surface area contributed by atoms with Gasteiger partial charge in [-0.2, -0.15) is 0 Å². The van der Waals surface area contributed by atoms with E-state index in [1.54, 1.807) is 28.1 Å². The maximum atomic E-state index is 15.9. The smallest absolute Gasteiger partial charge is 0.237 e.